The molecule has 0 aliphatic carbocycles. The quantitative estimate of drug-likeness (QED) is 0.513. The van der Waals surface area contributed by atoms with Crippen molar-refractivity contribution in [2.45, 2.75) is 19.5 Å². The first-order valence-electron chi connectivity index (χ1n) is 10.5. The zero-order valence-corrected chi connectivity index (χ0v) is 19.2. The first-order chi connectivity index (χ1) is 15.1. The van der Waals surface area contributed by atoms with Gasteiger partial charge in [0.2, 0.25) is 0 Å². The zero-order chi connectivity index (χ0) is 21.6. The van der Waals surface area contributed by atoms with Gasteiger partial charge in [-0.1, -0.05) is 18.2 Å². The van der Waals surface area contributed by atoms with Crippen LogP contribution in [0.2, 0.25) is 0 Å². The molecule has 0 bridgehead atoms. The van der Waals surface area contributed by atoms with E-state index in [2.05, 4.69) is 17.0 Å². The molecule has 2 N–H and O–H groups in total. The standard InChI is InChI=1S/C25H27AsN2O3/c29-25(22-15-16-27(19-22)17-20-7-3-1-4-8-20)28(18-21-9-5-2-6-10-21)24-13-11-23(12-14-24)26(30)31/h1-14,22,30-31H,15-19H2/t22-/m1/s1. The molecule has 1 amide bonds. The van der Waals surface area contributed by atoms with E-state index in [9.17, 15) is 13.0 Å². The summed E-state index contributed by atoms with van der Waals surface area (Å²) in [6.07, 6.45) is 0.845. The fourth-order valence-electron chi connectivity index (χ4n) is 4.07. The fourth-order valence-corrected chi connectivity index (χ4v) is 4.94. The number of carbonyl (C=O) groups excluding carboxylic acids is 1. The van der Waals surface area contributed by atoms with Gasteiger partial charge >= 0.3 is 170 Å². The molecule has 0 saturated carbocycles. The summed E-state index contributed by atoms with van der Waals surface area (Å²) in [5.41, 5.74) is 3.12. The normalized spacial score (nSPS) is 16.5. The SMILES string of the molecule is O=C([C@@H]1CCN(Cc2ccccc2)C1)N(Cc1ccccc1)c1ccc([As](O)O)cc1. The van der Waals surface area contributed by atoms with Crippen LogP contribution < -0.4 is 9.25 Å². The Labute approximate surface area is 188 Å². The number of amides is 1. The molecule has 1 fully saturated rings. The van der Waals surface area contributed by atoms with E-state index in [4.69, 9.17) is 0 Å². The van der Waals surface area contributed by atoms with Crippen LogP contribution in [0.4, 0.5) is 5.69 Å². The number of carbonyl (C=O) groups is 1. The van der Waals surface area contributed by atoms with Crippen molar-refractivity contribution >= 4 is 31.3 Å². The van der Waals surface area contributed by atoms with E-state index in [0.717, 1.165) is 37.3 Å². The molecular weight excluding hydrogens is 451 g/mol. The van der Waals surface area contributed by atoms with Gasteiger partial charge in [0.25, 0.3) is 0 Å². The van der Waals surface area contributed by atoms with Crippen LogP contribution >= 0.6 is 0 Å². The van der Waals surface area contributed by atoms with Crippen LogP contribution in [0.25, 0.3) is 0 Å². The van der Waals surface area contributed by atoms with Crippen molar-refractivity contribution in [3.63, 3.8) is 0 Å². The first-order valence-corrected chi connectivity index (χ1v) is 13.1. The predicted octanol–water partition coefficient (Wildman–Crippen LogP) is 2.42. The maximum atomic E-state index is 13.6. The molecule has 5 nitrogen and oxygen atoms in total. The Hall–Kier alpha value is -2.43. The second kappa shape index (κ2) is 10.3. The molecule has 1 aliphatic rings. The summed E-state index contributed by atoms with van der Waals surface area (Å²) in [6, 6.07) is 27.4. The summed E-state index contributed by atoms with van der Waals surface area (Å²) in [6.45, 7) is 3.01. The van der Waals surface area contributed by atoms with E-state index in [0.29, 0.717) is 10.9 Å². The van der Waals surface area contributed by atoms with Crippen molar-refractivity contribution in [2.75, 3.05) is 18.0 Å². The van der Waals surface area contributed by atoms with E-state index in [-0.39, 0.29) is 11.8 Å². The minimum atomic E-state index is -2.92. The molecule has 4 rings (SSSR count). The summed E-state index contributed by atoms with van der Waals surface area (Å²) in [4.78, 5) is 17.8. The van der Waals surface area contributed by atoms with Gasteiger partial charge < -0.3 is 0 Å². The van der Waals surface area contributed by atoms with E-state index in [1.54, 1.807) is 12.1 Å². The molecule has 1 atom stereocenters. The molecule has 1 aliphatic heterocycles. The van der Waals surface area contributed by atoms with Crippen molar-refractivity contribution in [3.8, 4) is 0 Å². The second-order valence-electron chi connectivity index (χ2n) is 7.92. The molecule has 1 saturated heterocycles. The van der Waals surface area contributed by atoms with Crippen LogP contribution in [-0.2, 0) is 17.9 Å². The molecule has 0 spiro atoms. The average molecular weight is 478 g/mol. The summed E-state index contributed by atoms with van der Waals surface area (Å²) in [5, 5.41) is 0. The number of hydrogen-bond donors (Lipinski definition) is 2. The zero-order valence-electron chi connectivity index (χ0n) is 17.3. The Morgan fingerprint density at radius 2 is 1.52 bits per heavy atom. The van der Waals surface area contributed by atoms with E-state index in [1.165, 1.54) is 5.56 Å². The Morgan fingerprint density at radius 1 is 0.903 bits per heavy atom. The summed E-state index contributed by atoms with van der Waals surface area (Å²) >= 11 is -2.92. The molecule has 31 heavy (non-hydrogen) atoms. The molecular formula is C25H27AsN2O3. The molecule has 160 valence electrons. The number of rotatable bonds is 7. The average Bonchev–Trinajstić information content (AvgIpc) is 3.27. The molecule has 3 aromatic rings. The molecule has 0 radical (unpaired) electrons. The Balaban J connectivity index is 1.51. The molecule has 0 aromatic heterocycles. The van der Waals surface area contributed by atoms with Gasteiger partial charge in [0.1, 0.15) is 0 Å². The van der Waals surface area contributed by atoms with Crippen molar-refractivity contribution in [1.29, 1.82) is 0 Å². The van der Waals surface area contributed by atoms with Gasteiger partial charge in [-0.15, -0.1) is 0 Å². The van der Waals surface area contributed by atoms with Crippen molar-refractivity contribution in [1.82, 2.24) is 4.90 Å². The number of likely N-dealkylation sites (tertiary alicyclic amines) is 1. The third kappa shape index (κ3) is 5.63. The Kier molecular flexibility index (Phi) is 7.21. The summed E-state index contributed by atoms with van der Waals surface area (Å²) in [7, 11) is 0. The molecule has 3 aromatic carbocycles. The Morgan fingerprint density at radius 3 is 2.13 bits per heavy atom. The summed E-state index contributed by atoms with van der Waals surface area (Å²) in [5.74, 6) is 0.0694. The number of benzene rings is 3. The third-order valence-corrected chi connectivity index (χ3v) is 7.31. The molecule has 6 heteroatoms. The van der Waals surface area contributed by atoms with Gasteiger partial charge in [-0.2, -0.15) is 0 Å². The van der Waals surface area contributed by atoms with Crippen LogP contribution in [-0.4, -0.2) is 47.4 Å². The van der Waals surface area contributed by atoms with Gasteiger partial charge in [-0.3, -0.25) is 0 Å². The number of nitrogens with zero attached hydrogens (tertiary/aromatic N) is 2. The number of anilines is 1. The van der Waals surface area contributed by atoms with Crippen molar-refractivity contribution in [3.05, 3.63) is 96.1 Å². The maximum absolute atomic E-state index is 13.6. The van der Waals surface area contributed by atoms with E-state index < -0.39 is 15.3 Å². The van der Waals surface area contributed by atoms with E-state index in [1.807, 2.05) is 65.6 Å². The van der Waals surface area contributed by atoms with Crippen molar-refractivity contribution < 1.29 is 13.0 Å². The van der Waals surface area contributed by atoms with E-state index >= 15 is 0 Å². The first kappa shape index (κ1) is 21.8. The monoisotopic (exact) mass is 478 g/mol. The van der Waals surface area contributed by atoms with Crippen molar-refractivity contribution in [2.24, 2.45) is 5.92 Å². The molecule has 0 unspecified atom stereocenters. The van der Waals surface area contributed by atoms with Gasteiger partial charge in [0.05, 0.1) is 0 Å². The van der Waals surface area contributed by atoms with Gasteiger partial charge in [0.15, 0.2) is 0 Å². The Bertz CT molecular complexity index is 981. The van der Waals surface area contributed by atoms with Gasteiger partial charge in [-0.25, -0.2) is 0 Å². The van der Waals surface area contributed by atoms with Crippen LogP contribution in [0, 0.1) is 5.92 Å². The van der Waals surface area contributed by atoms with Crippen LogP contribution in [0.5, 0.6) is 0 Å². The van der Waals surface area contributed by atoms with Gasteiger partial charge in [-0.05, 0) is 0 Å². The van der Waals surface area contributed by atoms with Crippen LogP contribution in [0.15, 0.2) is 84.9 Å². The summed E-state index contributed by atoms with van der Waals surface area (Å²) < 4.78 is 19.6. The number of hydrogen-bond acceptors (Lipinski definition) is 4. The van der Waals surface area contributed by atoms with Crippen LogP contribution in [0.3, 0.4) is 0 Å². The third-order valence-electron chi connectivity index (χ3n) is 5.71. The van der Waals surface area contributed by atoms with Gasteiger partial charge in [0, 0.05) is 0 Å². The second-order valence-corrected chi connectivity index (χ2v) is 10.2. The minimum absolute atomic E-state index is 0.0506. The molecule has 1 heterocycles. The fraction of sp³-hybridized carbons (Fsp3) is 0.240. The van der Waals surface area contributed by atoms with Crippen LogP contribution in [0.1, 0.15) is 17.5 Å². The predicted molar refractivity (Wildman–Crippen MR) is 124 cm³/mol. The topological polar surface area (TPSA) is 64.0 Å².